The fraction of sp³-hybridized carbons (Fsp3) is 0.833. The third-order valence-electron chi connectivity index (χ3n) is 4.70. The third-order valence-corrected chi connectivity index (χ3v) is 4.70. The second-order valence-electron chi connectivity index (χ2n) is 5.37. The predicted octanol–water partition coefficient (Wildman–Crippen LogP) is 2.61. The van der Waals surface area contributed by atoms with Gasteiger partial charge in [0.1, 0.15) is 0 Å². The molecule has 3 atom stereocenters. The maximum absolute atomic E-state index is 9.28. The zero-order chi connectivity index (χ0) is 9.80. The molecule has 2 bridgehead atoms. The summed E-state index contributed by atoms with van der Waals surface area (Å²) in [6, 6.07) is 0. The number of fused-ring (bicyclic) bond motifs is 1. The van der Waals surface area contributed by atoms with Crippen LogP contribution < -0.4 is 0 Å². The van der Waals surface area contributed by atoms with Crippen LogP contribution in [0.4, 0.5) is 0 Å². The van der Waals surface area contributed by atoms with Crippen molar-refractivity contribution in [3.63, 3.8) is 0 Å². The molecule has 0 spiro atoms. The Morgan fingerprint density at radius 1 is 1.46 bits per heavy atom. The molecule has 1 N–H and O–H groups in total. The van der Waals surface area contributed by atoms with Crippen LogP contribution in [-0.4, -0.2) is 11.7 Å². The molecular formula is C12H20O. The summed E-state index contributed by atoms with van der Waals surface area (Å²) >= 11 is 0. The van der Waals surface area contributed by atoms with Gasteiger partial charge in [0.05, 0.1) is 6.61 Å². The van der Waals surface area contributed by atoms with Crippen molar-refractivity contribution in [2.45, 2.75) is 34.1 Å². The summed E-state index contributed by atoms with van der Waals surface area (Å²) in [6.45, 7) is 9.51. The van der Waals surface area contributed by atoms with Gasteiger partial charge in [-0.1, -0.05) is 26.3 Å². The molecule has 74 valence electrons. The lowest BCUT2D eigenvalue weighted by Gasteiger charge is -2.60. The van der Waals surface area contributed by atoms with Gasteiger partial charge in [-0.15, -0.1) is 0 Å². The number of aliphatic hydroxyl groups is 1. The Labute approximate surface area is 80.8 Å². The van der Waals surface area contributed by atoms with E-state index in [1.165, 1.54) is 17.6 Å². The van der Waals surface area contributed by atoms with Gasteiger partial charge in [-0.2, -0.15) is 0 Å². The minimum absolute atomic E-state index is 0.274. The van der Waals surface area contributed by atoms with Crippen LogP contribution in [0.15, 0.2) is 11.1 Å². The maximum atomic E-state index is 9.28. The monoisotopic (exact) mass is 180 g/mol. The van der Waals surface area contributed by atoms with Crippen molar-refractivity contribution in [3.05, 3.63) is 11.1 Å². The fourth-order valence-electron chi connectivity index (χ4n) is 3.64. The number of allylic oxidation sites excluding steroid dienone is 1. The lowest BCUT2D eigenvalue weighted by atomic mass is 9.45. The fourth-order valence-corrected chi connectivity index (χ4v) is 3.64. The van der Waals surface area contributed by atoms with Gasteiger partial charge in [0.25, 0.3) is 0 Å². The average molecular weight is 180 g/mol. The van der Waals surface area contributed by atoms with E-state index in [0.717, 1.165) is 11.8 Å². The van der Waals surface area contributed by atoms with Crippen molar-refractivity contribution in [2.24, 2.45) is 23.2 Å². The molecule has 0 heterocycles. The first-order chi connectivity index (χ1) is 6.00. The van der Waals surface area contributed by atoms with E-state index >= 15 is 0 Å². The van der Waals surface area contributed by atoms with Crippen molar-refractivity contribution in [2.75, 3.05) is 6.61 Å². The van der Waals surface area contributed by atoms with Crippen molar-refractivity contribution in [3.8, 4) is 0 Å². The van der Waals surface area contributed by atoms with E-state index in [1.807, 2.05) is 0 Å². The van der Waals surface area contributed by atoms with Crippen LogP contribution >= 0.6 is 0 Å². The topological polar surface area (TPSA) is 20.2 Å². The van der Waals surface area contributed by atoms with Crippen LogP contribution in [0.3, 0.4) is 0 Å². The van der Waals surface area contributed by atoms with Crippen LogP contribution in [-0.2, 0) is 0 Å². The molecule has 0 aromatic rings. The number of rotatable bonds is 1. The van der Waals surface area contributed by atoms with E-state index in [9.17, 15) is 5.11 Å². The molecule has 13 heavy (non-hydrogen) atoms. The summed E-state index contributed by atoms with van der Waals surface area (Å²) in [6.07, 6.45) is 1.35. The summed E-state index contributed by atoms with van der Waals surface area (Å²) in [5, 5.41) is 9.28. The second kappa shape index (κ2) is 2.60. The van der Waals surface area contributed by atoms with E-state index in [2.05, 4.69) is 27.7 Å². The van der Waals surface area contributed by atoms with Gasteiger partial charge in [-0.3, -0.25) is 0 Å². The van der Waals surface area contributed by atoms with Crippen molar-refractivity contribution in [1.29, 1.82) is 0 Å². The minimum atomic E-state index is 0.274. The van der Waals surface area contributed by atoms with E-state index < -0.39 is 0 Å². The van der Waals surface area contributed by atoms with Gasteiger partial charge < -0.3 is 5.11 Å². The van der Waals surface area contributed by atoms with Crippen molar-refractivity contribution in [1.82, 2.24) is 0 Å². The average Bonchev–Trinajstić information content (AvgIpc) is 2.02. The number of hydrogen-bond acceptors (Lipinski definition) is 1. The van der Waals surface area contributed by atoms with Crippen molar-refractivity contribution >= 4 is 0 Å². The molecule has 0 radical (unpaired) electrons. The van der Waals surface area contributed by atoms with Gasteiger partial charge in [0, 0.05) is 0 Å². The van der Waals surface area contributed by atoms with Gasteiger partial charge in [-0.05, 0) is 42.1 Å². The van der Waals surface area contributed by atoms with Crippen LogP contribution in [0, 0.1) is 23.2 Å². The van der Waals surface area contributed by atoms with Gasteiger partial charge in [-0.25, -0.2) is 0 Å². The predicted molar refractivity (Wildman–Crippen MR) is 54.3 cm³/mol. The molecule has 1 fully saturated rings. The van der Waals surface area contributed by atoms with Crippen LogP contribution in [0.2, 0.25) is 0 Å². The SMILES string of the molecule is CC1=C(CO)[C@@H](C)C2CC1C2(C)C. The molecule has 1 heteroatoms. The first-order valence-corrected chi connectivity index (χ1v) is 5.30. The molecule has 3 rings (SSSR count). The minimum Gasteiger partial charge on any atom is -0.392 e. The lowest BCUT2D eigenvalue weighted by Crippen LogP contribution is -2.53. The van der Waals surface area contributed by atoms with E-state index in [0.29, 0.717) is 11.3 Å². The Balaban J connectivity index is 2.39. The molecule has 3 aliphatic rings. The zero-order valence-electron chi connectivity index (χ0n) is 9.09. The van der Waals surface area contributed by atoms with Gasteiger partial charge >= 0.3 is 0 Å². The van der Waals surface area contributed by atoms with Crippen LogP contribution in [0.25, 0.3) is 0 Å². The molecule has 1 nitrogen and oxygen atoms in total. The highest BCUT2D eigenvalue weighted by atomic mass is 16.3. The summed E-state index contributed by atoms with van der Waals surface area (Å²) in [5.74, 6) is 2.16. The van der Waals surface area contributed by atoms with Crippen molar-refractivity contribution < 1.29 is 5.11 Å². The molecule has 0 aromatic heterocycles. The highest BCUT2D eigenvalue weighted by molar-refractivity contribution is 5.31. The molecule has 3 aliphatic carbocycles. The van der Waals surface area contributed by atoms with E-state index in [4.69, 9.17) is 0 Å². The first-order valence-electron chi connectivity index (χ1n) is 5.30. The maximum Gasteiger partial charge on any atom is 0.0647 e. The molecule has 0 aliphatic heterocycles. The lowest BCUT2D eigenvalue weighted by molar-refractivity contribution is -0.0433. The highest BCUT2D eigenvalue weighted by Crippen LogP contribution is 2.62. The molecule has 0 aromatic carbocycles. The quantitative estimate of drug-likeness (QED) is 0.615. The Kier molecular flexibility index (Phi) is 1.85. The summed E-state index contributed by atoms with van der Waals surface area (Å²) in [7, 11) is 0. The molecule has 2 unspecified atom stereocenters. The molecular weight excluding hydrogens is 160 g/mol. The van der Waals surface area contributed by atoms with E-state index in [1.54, 1.807) is 0 Å². The number of hydrogen-bond donors (Lipinski definition) is 1. The smallest absolute Gasteiger partial charge is 0.0647 e. The summed E-state index contributed by atoms with van der Waals surface area (Å²) in [5.41, 5.74) is 3.28. The van der Waals surface area contributed by atoms with Gasteiger partial charge in [0.15, 0.2) is 0 Å². The standard InChI is InChI=1S/C12H20O/c1-7-9(6-13)8(2)11-5-10(7)12(11,3)4/h7,10-11,13H,5-6H2,1-4H3/t7-,10?,11?/m1/s1. The largest absolute Gasteiger partial charge is 0.392 e. The normalized spacial score (nSPS) is 41.8. The number of aliphatic hydroxyl groups excluding tert-OH is 1. The summed E-state index contributed by atoms with van der Waals surface area (Å²) in [4.78, 5) is 0. The third kappa shape index (κ3) is 0.969. The van der Waals surface area contributed by atoms with Crippen LogP contribution in [0.1, 0.15) is 34.1 Å². The summed E-state index contributed by atoms with van der Waals surface area (Å²) < 4.78 is 0. The Morgan fingerprint density at radius 2 is 2.08 bits per heavy atom. The Morgan fingerprint density at radius 3 is 2.46 bits per heavy atom. The molecule has 0 saturated heterocycles. The van der Waals surface area contributed by atoms with Crippen LogP contribution in [0.5, 0.6) is 0 Å². The van der Waals surface area contributed by atoms with E-state index in [-0.39, 0.29) is 6.61 Å². The highest BCUT2D eigenvalue weighted by Gasteiger charge is 2.54. The zero-order valence-corrected chi connectivity index (χ0v) is 9.09. The second-order valence-corrected chi connectivity index (χ2v) is 5.37. The Bertz CT molecular complexity index is 262. The first kappa shape index (κ1) is 9.26. The molecule has 0 amide bonds. The molecule has 1 saturated carbocycles. The Hall–Kier alpha value is -0.300. The van der Waals surface area contributed by atoms with Gasteiger partial charge in [0.2, 0.25) is 0 Å².